The molecule has 0 amide bonds. The van der Waals surface area contributed by atoms with Gasteiger partial charge in [-0.2, -0.15) is 0 Å². The Bertz CT molecular complexity index is 731. The zero-order chi connectivity index (χ0) is 20.9. The number of hydrogen-bond donors (Lipinski definition) is 0. The number of hydrogen-bond acceptors (Lipinski definition) is 3. The van der Waals surface area contributed by atoms with Crippen molar-refractivity contribution in [1.82, 2.24) is 14.7 Å². The second-order valence-electron chi connectivity index (χ2n) is 10.1. The van der Waals surface area contributed by atoms with Crippen LogP contribution in [-0.4, -0.2) is 59.5 Å². The molecule has 3 nitrogen and oxygen atoms in total. The Morgan fingerprint density at radius 1 is 0.645 bits per heavy atom. The Morgan fingerprint density at radius 2 is 1.19 bits per heavy atom. The molecule has 1 heterocycles. The average molecular weight is 418 g/mol. The van der Waals surface area contributed by atoms with Gasteiger partial charge in [-0.1, -0.05) is 60.7 Å². The summed E-state index contributed by atoms with van der Waals surface area (Å²) in [6.07, 6.45) is 8.37. The van der Waals surface area contributed by atoms with Gasteiger partial charge in [-0.3, -0.25) is 9.80 Å². The van der Waals surface area contributed by atoms with Crippen LogP contribution < -0.4 is 0 Å². The minimum Gasteiger partial charge on any atom is -0.301 e. The van der Waals surface area contributed by atoms with E-state index in [1.54, 1.807) is 0 Å². The SMILES string of the molecule is c1ccc(CN(Cc2ccccc2)[C@H]2CC[C@H](N3CCN(CC4CC4)CC3)CC2)cc1. The van der Waals surface area contributed by atoms with Gasteiger partial charge in [-0.15, -0.1) is 0 Å². The van der Waals surface area contributed by atoms with Crippen molar-refractivity contribution in [3.8, 4) is 0 Å². The van der Waals surface area contributed by atoms with Crippen molar-refractivity contribution in [3.05, 3.63) is 71.8 Å². The third-order valence-electron chi connectivity index (χ3n) is 7.78. The van der Waals surface area contributed by atoms with E-state index in [1.807, 2.05) is 0 Å². The van der Waals surface area contributed by atoms with Crippen LogP contribution in [0, 0.1) is 5.92 Å². The Hall–Kier alpha value is -1.68. The van der Waals surface area contributed by atoms with Crippen LogP contribution in [0.15, 0.2) is 60.7 Å². The topological polar surface area (TPSA) is 9.72 Å². The van der Waals surface area contributed by atoms with Gasteiger partial charge in [-0.25, -0.2) is 0 Å². The van der Waals surface area contributed by atoms with Crippen LogP contribution >= 0.6 is 0 Å². The number of nitrogens with zero attached hydrogens (tertiary/aromatic N) is 3. The molecule has 0 unspecified atom stereocenters. The van der Waals surface area contributed by atoms with Crippen molar-refractivity contribution in [1.29, 1.82) is 0 Å². The highest BCUT2D eigenvalue weighted by Gasteiger charge is 2.32. The molecule has 3 heteroatoms. The summed E-state index contributed by atoms with van der Waals surface area (Å²) in [6, 6.07) is 23.6. The van der Waals surface area contributed by atoms with Gasteiger partial charge in [0.05, 0.1) is 0 Å². The van der Waals surface area contributed by atoms with E-state index in [9.17, 15) is 0 Å². The van der Waals surface area contributed by atoms with Crippen molar-refractivity contribution >= 4 is 0 Å². The molecule has 3 aliphatic rings. The molecule has 2 aromatic rings. The van der Waals surface area contributed by atoms with Gasteiger partial charge in [-0.05, 0) is 55.6 Å². The van der Waals surface area contributed by atoms with Crippen LogP contribution in [0.5, 0.6) is 0 Å². The lowest BCUT2D eigenvalue weighted by Crippen LogP contribution is -2.52. The second-order valence-corrected chi connectivity index (χ2v) is 10.1. The third-order valence-corrected chi connectivity index (χ3v) is 7.78. The zero-order valence-electron chi connectivity index (χ0n) is 19.0. The van der Waals surface area contributed by atoms with Crippen molar-refractivity contribution in [2.75, 3.05) is 32.7 Å². The number of piperazine rings is 1. The van der Waals surface area contributed by atoms with E-state index < -0.39 is 0 Å². The average Bonchev–Trinajstić information content (AvgIpc) is 3.65. The number of benzene rings is 2. The maximum Gasteiger partial charge on any atom is 0.0240 e. The van der Waals surface area contributed by atoms with E-state index in [4.69, 9.17) is 0 Å². The molecule has 0 atom stereocenters. The smallest absolute Gasteiger partial charge is 0.0240 e. The zero-order valence-corrected chi connectivity index (χ0v) is 19.0. The van der Waals surface area contributed by atoms with E-state index >= 15 is 0 Å². The van der Waals surface area contributed by atoms with Gasteiger partial charge in [0.2, 0.25) is 0 Å². The van der Waals surface area contributed by atoms with Crippen LogP contribution in [0.4, 0.5) is 0 Å². The molecule has 0 aromatic heterocycles. The fraction of sp³-hybridized carbons (Fsp3) is 0.571. The van der Waals surface area contributed by atoms with Crippen LogP contribution in [-0.2, 0) is 13.1 Å². The largest absolute Gasteiger partial charge is 0.301 e. The predicted octanol–water partition coefficient (Wildman–Crippen LogP) is 5.03. The first-order chi connectivity index (χ1) is 15.3. The van der Waals surface area contributed by atoms with Gasteiger partial charge in [0, 0.05) is 57.9 Å². The first-order valence-corrected chi connectivity index (χ1v) is 12.6. The maximum atomic E-state index is 2.82. The molecule has 1 saturated heterocycles. The summed E-state index contributed by atoms with van der Waals surface area (Å²) in [7, 11) is 0. The monoisotopic (exact) mass is 417 g/mol. The minimum absolute atomic E-state index is 0.702. The molecule has 3 fully saturated rings. The van der Waals surface area contributed by atoms with Crippen LogP contribution in [0.2, 0.25) is 0 Å². The summed E-state index contributed by atoms with van der Waals surface area (Å²) in [5, 5.41) is 0. The first kappa shape index (κ1) is 21.2. The molecule has 0 N–H and O–H groups in total. The standard InChI is InChI=1S/C28H39N3/c1-3-7-24(8-4-1)22-31(23-25-9-5-2-6-10-25)28-15-13-27(14-16-28)30-19-17-29(18-20-30)21-26-11-12-26/h1-10,26-28H,11-23H2/t27-,28-. The predicted molar refractivity (Wildman–Crippen MR) is 129 cm³/mol. The molecule has 0 spiro atoms. The first-order valence-electron chi connectivity index (χ1n) is 12.6. The van der Waals surface area contributed by atoms with E-state index in [0.29, 0.717) is 6.04 Å². The van der Waals surface area contributed by atoms with E-state index in [2.05, 4.69) is 75.4 Å². The molecule has 166 valence electrons. The molecule has 0 radical (unpaired) electrons. The lowest BCUT2D eigenvalue weighted by molar-refractivity contribution is 0.0509. The molecule has 2 saturated carbocycles. The lowest BCUT2D eigenvalue weighted by atomic mass is 9.88. The molecule has 2 aliphatic carbocycles. The van der Waals surface area contributed by atoms with Crippen molar-refractivity contribution in [2.45, 2.75) is 63.7 Å². The van der Waals surface area contributed by atoms with Crippen molar-refractivity contribution < 1.29 is 0 Å². The molecular weight excluding hydrogens is 378 g/mol. The van der Waals surface area contributed by atoms with E-state index in [-0.39, 0.29) is 0 Å². The number of rotatable bonds is 8. The summed E-state index contributed by atoms with van der Waals surface area (Å²) in [6.45, 7) is 8.67. The molecular formula is C28H39N3. The highest BCUT2D eigenvalue weighted by atomic mass is 15.3. The molecule has 1 aliphatic heterocycles. The fourth-order valence-electron chi connectivity index (χ4n) is 5.72. The normalized spacial score (nSPS) is 25.7. The van der Waals surface area contributed by atoms with E-state index in [0.717, 1.165) is 25.0 Å². The molecule has 31 heavy (non-hydrogen) atoms. The highest BCUT2D eigenvalue weighted by molar-refractivity contribution is 5.17. The summed E-state index contributed by atoms with van der Waals surface area (Å²) < 4.78 is 0. The van der Waals surface area contributed by atoms with Crippen LogP contribution in [0.25, 0.3) is 0 Å². The van der Waals surface area contributed by atoms with Crippen LogP contribution in [0.1, 0.15) is 49.7 Å². The molecule has 5 rings (SSSR count). The molecule has 0 bridgehead atoms. The summed E-state index contributed by atoms with van der Waals surface area (Å²) in [4.78, 5) is 8.29. The quantitative estimate of drug-likeness (QED) is 0.597. The molecule has 2 aromatic carbocycles. The van der Waals surface area contributed by atoms with Crippen LogP contribution in [0.3, 0.4) is 0 Å². The maximum absolute atomic E-state index is 2.82. The summed E-state index contributed by atoms with van der Waals surface area (Å²) in [5.74, 6) is 1.03. The van der Waals surface area contributed by atoms with Crippen molar-refractivity contribution in [2.24, 2.45) is 5.92 Å². The Morgan fingerprint density at radius 3 is 1.71 bits per heavy atom. The Balaban J connectivity index is 1.16. The van der Waals surface area contributed by atoms with Gasteiger partial charge in [0.15, 0.2) is 0 Å². The van der Waals surface area contributed by atoms with E-state index in [1.165, 1.54) is 82.4 Å². The highest BCUT2D eigenvalue weighted by Crippen LogP contribution is 2.32. The lowest BCUT2D eigenvalue weighted by Gasteiger charge is -2.44. The Kier molecular flexibility index (Phi) is 7.03. The summed E-state index contributed by atoms with van der Waals surface area (Å²) >= 11 is 0. The van der Waals surface area contributed by atoms with Crippen molar-refractivity contribution in [3.63, 3.8) is 0 Å². The third kappa shape index (κ3) is 5.97. The second kappa shape index (κ2) is 10.3. The minimum atomic E-state index is 0.702. The van der Waals surface area contributed by atoms with Gasteiger partial charge < -0.3 is 4.90 Å². The Labute approximate surface area is 189 Å². The fourth-order valence-corrected chi connectivity index (χ4v) is 5.72. The van der Waals surface area contributed by atoms with Gasteiger partial charge in [0.1, 0.15) is 0 Å². The van der Waals surface area contributed by atoms with Gasteiger partial charge in [0.25, 0.3) is 0 Å². The van der Waals surface area contributed by atoms with Gasteiger partial charge >= 0.3 is 0 Å². The summed E-state index contributed by atoms with van der Waals surface area (Å²) in [5.41, 5.74) is 2.87.